The number of piperidine rings is 1. The Kier molecular flexibility index (Phi) is 5.67. The smallest absolute Gasteiger partial charge is 0.200 e. The van der Waals surface area contributed by atoms with Crippen LogP contribution in [0.15, 0.2) is 0 Å². The first-order valence-corrected chi connectivity index (χ1v) is 9.43. The molecule has 1 N–H and O–H groups in total. The highest BCUT2D eigenvalue weighted by Gasteiger charge is 2.46. The van der Waals surface area contributed by atoms with Crippen molar-refractivity contribution in [1.82, 2.24) is 5.32 Å². The lowest BCUT2D eigenvalue weighted by atomic mass is 10.1. The molecule has 0 aromatic heterocycles. The molecule has 1 aliphatic rings. The molecule has 102 valence electrons. The molecular formula is C14H31NOSi. The van der Waals surface area contributed by atoms with Crippen molar-refractivity contribution in [2.45, 2.75) is 77.1 Å². The van der Waals surface area contributed by atoms with Gasteiger partial charge in [0.1, 0.15) is 0 Å². The molecule has 2 nitrogen and oxygen atoms in total. The van der Waals surface area contributed by atoms with Crippen LogP contribution in [0, 0.1) is 0 Å². The van der Waals surface area contributed by atoms with Crippen molar-refractivity contribution in [1.29, 1.82) is 0 Å². The fourth-order valence-corrected chi connectivity index (χ4v) is 9.21. The van der Waals surface area contributed by atoms with Crippen LogP contribution in [0.4, 0.5) is 0 Å². The third kappa shape index (κ3) is 3.33. The largest absolute Gasteiger partial charge is 0.412 e. The molecule has 3 heteroatoms. The normalized spacial score (nSPS) is 22.8. The minimum Gasteiger partial charge on any atom is -0.412 e. The maximum atomic E-state index is 6.74. The molecule has 1 heterocycles. The molecule has 0 bridgehead atoms. The van der Waals surface area contributed by atoms with Crippen LogP contribution in [-0.4, -0.2) is 27.5 Å². The third-order valence-electron chi connectivity index (χ3n) is 4.33. The van der Waals surface area contributed by atoms with Gasteiger partial charge in [0.2, 0.25) is 8.32 Å². The summed E-state index contributed by atoms with van der Waals surface area (Å²) in [6.45, 7) is 16.4. The van der Waals surface area contributed by atoms with Crippen molar-refractivity contribution >= 4 is 8.32 Å². The SMILES string of the molecule is CC(C)[Si](O[C@H]1CCCNC1)(C(C)C)C(C)C. The van der Waals surface area contributed by atoms with Crippen molar-refractivity contribution < 1.29 is 4.43 Å². The second kappa shape index (κ2) is 6.35. The van der Waals surface area contributed by atoms with E-state index >= 15 is 0 Å². The van der Waals surface area contributed by atoms with Gasteiger partial charge in [-0.3, -0.25) is 0 Å². The van der Waals surface area contributed by atoms with E-state index in [-0.39, 0.29) is 0 Å². The van der Waals surface area contributed by atoms with Crippen LogP contribution in [0.1, 0.15) is 54.4 Å². The van der Waals surface area contributed by atoms with E-state index in [0.717, 1.165) is 6.54 Å². The Hall–Kier alpha value is 0.137. The fraction of sp³-hybridized carbons (Fsp3) is 1.00. The molecule has 1 atom stereocenters. The molecular weight excluding hydrogens is 226 g/mol. The highest BCUT2D eigenvalue weighted by molar-refractivity contribution is 6.77. The Labute approximate surface area is 109 Å². The second-order valence-corrected chi connectivity index (χ2v) is 11.8. The van der Waals surface area contributed by atoms with E-state index in [1.54, 1.807) is 0 Å². The van der Waals surface area contributed by atoms with Gasteiger partial charge in [-0.2, -0.15) is 0 Å². The van der Waals surface area contributed by atoms with Crippen LogP contribution in [-0.2, 0) is 4.43 Å². The summed E-state index contributed by atoms with van der Waals surface area (Å²) in [6, 6.07) is 0. The maximum Gasteiger partial charge on any atom is 0.200 e. The molecule has 1 saturated heterocycles. The summed E-state index contributed by atoms with van der Waals surface area (Å²) in [4.78, 5) is 0. The zero-order valence-corrected chi connectivity index (χ0v) is 13.5. The van der Waals surface area contributed by atoms with Crippen LogP contribution in [0.5, 0.6) is 0 Å². The summed E-state index contributed by atoms with van der Waals surface area (Å²) < 4.78 is 6.74. The van der Waals surface area contributed by atoms with Crippen molar-refractivity contribution in [2.24, 2.45) is 0 Å². The third-order valence-corrected chi connectivity index (χ3v) is 10.5. The van der Waals surface area contributed by atoms with Crippen LogP contribution in [0.25, 0.3) is 0 Å². The first kappa shape index (κ1) is 15.2. The molecule has 0 unspecified atom stereocenters. The summed E-state index contributed by atoms with van der Waals surface area (Å²) in [7, 11) is -1.65. The van der Waals surface area contributed by atoms with Gasteiger partial charge in [-0.15, -0.1) is 0 Å². The van der Waals surface area contributed by atoms with Crippen LogP contribution in [0.2, 0.25) is 16.6 Å². The lowest BCUT2D eigenvalue weighted by Gasteiger charge is -2.45. The van der Waals surface area contributed by atoms with Crippen molar-refractivity contribution in [2.75, 3.05) is 13.1 Å². The molecule has 0 radical (unpaired) electrons. The standard InChI is InChI=1S/C14H31NOSi/c1-11(2)17(12(3)4,13(5)6)16-14-8-7-9-15-10-14/h11-15H,7-10H2,1-6H3/t14-/m0/s1. The Balaban J connectivity index is 2.81. The van der Waals surface area contributed by atoms with Gasteiger partial charge in [-0.1, -0.05) is 41.5 Å². The summed E-state index contributed by atoms with van der Waals surface area (Å²) in [5.74, 6) is 0. The Bertz CT molecular complexity index is 200. The molecule has 0 aromatic rings. The van der Waals surface area contributed by atoms with E-state index in [2.05, 4.69) is 46.9 Å². The predicted octanol–water partition coefficient (Wildman–Crippen LogP) is 3.93. The molecule has 17 heavy (non-hydrogen) atoms. The molecule has 0 spiro atoms. The Morgan fingerprint density at radius 3 is 1.88 bits per heavy atom. The van der Waals surface area contributed by atoms with Crippen molar-refractivity contribution in [3.05, 3.63) is 0 Å². The van der Waals surface area contributed by atoms with Gasteiger partial charge in [0.25, 0.3) is 0 Å². The van der Waals surface area contributed by atoms with Gasteiger partial charge in [0, 0.05) is 6.54 Å². The van der Waals surface area contributed by atoms with Gasteiger partial charge in [-0.05, 0) is 36.0 Å². The predicted molar refractivity (Wildman–Crippen MR) is 78.0 cm³/mol. The van der Waals surface area contributed by atoms with Crippen molar-refractivity contribution in [3.8, 4) is 0 Å². The van der Waals surface area contributed by atoms with E-state index in [4.69, 9.17) is 4.43 Å². The van der Waals surface area contributed by atoms with Gasteiger partial charge in [-0.25, -0.2) is 0 Å². The zero-order valence-electron chi connectivity index (χ0n) is 12.5. The number of hydrogen-bond donors (Lipinski definition) is 1. The lowest BCUT2D eigenvalue weighted by Crippen LogP contribution is -2.52. The van der Waals surface area contributed by atoms with E-state index in [1.807, 2.05) is 0 Å². The van der Waals surface area contributed by atoms with E-state index < -0.39 is 8.32 Å². The molecule has 1 rings (SSSR count). The average molecular weight is 257 g/mol. The maximum absolute atomic E-state index is 6.74. The molecule has 0 amide bonds. The first-order chi connectivity index (χ1) is 7.91. The van der Waals surface area contributed by atoms with Crippen molar-refractivity contribution in [3.63, 3.8) is 0 Å². The van der Waals surface area contributed by atoms with Gasteiger partial charge >= 0.3 is 0 Å². The van der Waals surface area contributed by atoms with Crippen LogP contribution in [0.3, 0.4) is 0 Å². The van der Waals surface area contributed by atoms with E-state index in [9.17, 15) is 0 Å². The molecule has 0 aromatic carbocycles. The zero-order chi connectivity index (χ0) is 13.1. The minimum absolute atomic E-state index is 0.461. The van der Waals surface area contributed by atoms with E-state index in [0.29, 0.717) is 22.7 Å². The lowest BCUT2D eigenvalue weighted by molar-refractivity contribution is 0.143. The molecule has 0 aliphatic carbocycles. The minimum atomic E-state index is -1.65. The van der Waals surface area contributed by atoms with Crippen LogP contribution < -0.4 is 5.32 Å². The highest BCUT2D eigenvalue weighted by Crippen LogP contribution is 2.43. The highest BCUT2D eigenvalue weighted by atomic mass is 28.4. The number of nitrogens with one attached hydrogen (secondary N) is 1. The Morgan fingerprint density at radius 1 is 1.00 bits per heavy atom. The van der Waals surface area contributed by atoms with Crippen LogP contribution >= 0.6 is 0 Å². The fourth-order valence-electron chi connectivity index (χ4n) is 3.62. The number of rotatable bonds is 5. The summed E-state index contributed by atoms with van der Waals surface area (Å²) in [5, 5.41) is 3.47. The monoisotopic (exact) mass is 257 g/mol. The number of hydrogen-bond acceptors (Lipinski definition) is 2. The second-order valence-electron chi connectivity index (χ2n) is 6.40. The molecule has 1 aliphatic heterocycles. The Morgan fingerprint density at radius 2 is 1.53 bits per heavy atom. The topological polar surface area (TPSA) is 21.3 Å². The quantitative estimate of drug-likeness (QED) is 0.754. The summed E-state index contributed by atoms with van der Waals surface area (Å²) in [5.41, 5.74) is 2.10. The van der Waals surface area contributed by atoms with Gasteiger partial charge < -0.3 is 9.74 Å². The summed E-state index contributed by atoms with van der Waals surface area (Å²) in [6.07, 6.45) is 2.97. The van der Waals surface area contributed by atoms with E-state index in [1.165, 1.54) is 19.4 Å². The van der Waals surface area contributed by atoms with Gasteiger partial charge in [0.15, 0.2) is 0 Å². The average Bonchev–Trinajstić information content (AvgIpc) is 2.25. The summed E-state index contributed by atoms with van der Waals surface area (Å²) >= 11 is 0. The molecule has 0 saturated carbocycles. The first-order valence-electron chi connectivity index (χ1n) is 7.29. The molecule has 1 fully saturated rings. The van der Waals surface area contributed by atoms with Gasteiger partial charge in [0.05, 0.1) is 6.10 Å².